The summed E-state index contributed by atoms with van der Waals surface area (Å²) in [4.78, 5) is 10.8. The maximum atomic E-state index is 13.3. The third kappa shape index (κ3) is 2.02. The first kappa shape index (κ1) is 10.9. The van der Waals surface area contributed by atoms with Gasteiger partial charge in [-0.2, -0.15) is 0 Å². The second-order valence-electron chi connectivity index (χ2n) is 2.58. The van der Waals surface area contributed by atoms with Crippen LogP contribution < -0.4 is 5.73 Å². The minimum Gasteiger partial charge on any atom is -0.396 e. The molecule has 0 saturated carbocycles. The molecule has 5 heteroatoms. The van der Waals surface area contributed by atoms with Crippen LogP contribution in [-0.4, -0.2) is 17.6 Å². The first-order valence-corrected chi connectivity index (χ1v) is 4.17. The number of benzene rings is 1. The van der Waals surface area contributed by atoms with E-state index in [0.29, 0.717) is 0 Å². The van der Waals surface area contributed by atoms with Gasteiger partial charge in [-0.3, -0.25) is 4.79 Å². The summed E-state index contributed by atoms with van der Waals surface area (Å²) in [5.74, 6) is -1.54. The molecule has 3 N–H and O–H groups in total. The topological polar surface area (TPSA) is 63.3 Å². The monoisotopic (exact) mass is 216 g/mol. The van der Waals surface area contributed by atoms with Crippen LogP contribution in [0.1, 0.15) is 15.9 Å². The van der Waals surface area contributed by atoms with E-state index in [-0.39, 0.29) is 22.8 Å². The van der Waals surface area contributed by atoms with Crippen molar-refractivity contribution in [2.45, 2.75) is 0 Å². The average Bonchev–Trinajstić information content (AvgIpc) is 2.13. The van der Waals surface area contributed by atoms with Crippen LogP contribution in [0.2, 0.25) is 5.02 Å². The molecule has 3 nitrogen and oxygen atoms in total. The first-order valence-electron chi connectivity index (χ1n) is 3.79. The molecule has 0 spiro atoms. The minimum absolute atomic E-state index is 0.0701. The van der Waals surface area contributed by atoms with Crippen LogP contribution in [0.25, 0.3) is 0 Å². The van der Waals surface area contributed by atoms with Crippen LogP contribution in [0.5, 0.6) is 0 Å². The van der Waals surface area contributed by atoms with Gasteiger partial charge in [-0.25, -0.2) is 4.39 Å². The van der Waals surface area contributed by atoms with E-state index in [0.717, 1.165) is 0 Å². The van der Waals surface area contributed by atoms with Gasteiger partial charge in [0.05, 0.1) is 17.2 Å². The van der Waals surface area contributed by atoms with Gasteiger partial charge < -0.3 is 10.8 Å². The molecule has 1 aromatic carbocycles. The number of amides is 1. The molecule has 75 valence electrons. The molecule has 0 atom stereocenters. The lowest BCUT2D eigenvalue weighted by molar-refractivity contribution is 0.1000. The molecule has 0 aliphatic carbocycles. The molecular weight excluding hydrogens is 209 g/mol. The van der Waals surface area contributed by atoms with E-state index in [1.165, 1.54) is 18.6 Å². The molecule has 1 rings (SSSR count). The molecule has 0 fully saturated rings. The zero-order valence-electron chi connectivity index (χ0n) is 7.13. The molecule has 1 amide bonds. The van der Waals surface area contributed by atoms with Gasteiger partial charge in [0.2, 0.25) is 5.91 Å². The smallest absolute Gasteiger partial charge is 0.250 e. The summed E-state index contributed by atoms with van der Waals surface area (Å²) in [5.41, 5.74) is 5.03. The van der Waals surface area contributed by atoms with Crippen molar-refractivity contribution in [3.63, 3.8) is 0 Å². The SMILES string of the molecule is NC(=O)c1ccc([CH]CO)c(F)c1Cl. The van der Waals surface area contributed by atoms with Crippen molar-refractivity contribution < 1.29 is 14.3 Å². The maximum absolute atomic E-state index is 13.3. The first-order chi connectivity index (χ1) is 6.57. The zero-order valence-corrected chi connectivity index (χ0v) is 7.88. The quantitative estimate of drug-likeness (QED) is 0.796. The summed E-state index contributed by atoms with van der Waals surface area (Å²) in [6, 6.07) is 2.65. The molecular formula is C9H8ClFNO2. The Balaban J connectivity index is 3.19. The molecule has 0 saturated heterocycles. The van der Waals surface area contributed by atoms with E-state index >= 15 is 0 Å². The molecule has 1 radical (unpaired) electrons. The standard InChI is InChI=1S/C9H8ClFNO2/c10-7-6(9(12)14)2-1-5(3-4-13)8(7)11/h1-3,13H,4H2,(H2,12,14). The van der Waals surface area contributed by atoms with Gasteiger partial charge in [0.1, 0.15) is 5.82 Å². The Bertz CT molecular complexity index is 368. The number of aliphatic hydroxyl groups is 1. The molecule has 1 aromatic rings. The van der Waals surface area contributed by atoms with Crippen LogP contribution in [0, 0.1) is 12.2 Å². The number of hydrogen-bond acceptors (Lipinski definition) is 2. The van der Waals surface area contributed by atoms with Crippen LogP contribution in [0.4, 0.5) is 4.39 Å². The van der Waals surface area contributed by atoms with E-state index in [1.807, 2.05) is 0 Å². The van der Waals surface area contributed by atoms with Crippen molar-refractivity contribution in [1.29, 1.82) is 0 Å². The summed E-state index contributed by atoms with van der Waals surface area (Å²) < 4.78 is 13.3. The fraction of sp³-hybridized carbons (Fsp3) is 0.111. The Hall–Kier alpha value is -1.13. The lowest BCUT2D eigenvalue weighted by atomic mass is 10.1. The van der Waals surface area contributed by atoms with Gasteiger partial charge in [0, 0.05) is 6.42 Å². The Morgan fingerprint density at radius 1 is 1.64 bits per heavy atom. The van der Waals surface area contributed by atoms with Crippen molar-refractivity contribution in [2.75, 3.05) is 6.61 Å². The van der Waals surface area contributed by atoms with Crippen LogP contribution in [0.3, 0.4) is 0 Å². The Morgan fingerprint density at radius 2 is 2.29 bits per heavy atom. The number of primary amides is 1. The van der Waals surface area contributed by atoms with E-state index in [2.05, 4.69) is 0 Å². The van der Waals surface area contributed by atoms with E-state index in [4.69, 9.17) is 22.4 Å². The highest BCUT2D eigenvalue weighted by Gasteiger charge is 2.14. The lowest BCUT2D eigenvalue weighted by Gasteiger charge is -2.05. The second kappa shape index (κ2) is 4.39. The van der Waals surface area contributed by atoms with Crippen molar-refractivity contribution in [3.05, 3.63) is 40.5 Å². The van der Waals surface area contributed by atoms with Gasteiger partial charge in [-0.05, 0) is 11.6 Å². The van der Waals surface area contributed by atoms with Crippen molar-refractivity contribution >= 4 is 17.5 Å². The van der Waals surface area contributed by atoms with E-state index < -0.39 is 11.7 Å². The number of aliphatic hydroxyl groups excluding tert-OH is 1. The van der Waals surface area contributed by atoms with Gasteiger partial charge in [0.25, 0.3) is 0 Å². The molecule has 0 unspecified atom stereocenters. The fourth-order valence-electron chi connectivity index (χ4n) is 1.01. The molecule has 0 bridgehead atoms. The number of carbonyl (C=O) groups excluding carboxylic acids is 1. The highest BCUT2D eigenvalue weighted by atomic mass is 35.5. The predicted octanol–water partition coefficient (Wildman–Crippen LogP) is 1.12. The molecule has 0 heterocycles. The Kier molecular flexibility index (Phi) is 3.43. The summed E-state index contributed by atoms with van der Waals surface area (Å²) in [6.45, 7) is -0.302. The highest BCUT2D eigenvalue weighted by Crippen LogP contribution is 2.23. The van der Waals surface area contributed by atoms with Gasteiger partial charge in [0.15, 0.2) is 0 Å². The second-order valence-corrected chi connectivity index (χ2v) is 2.96. The van der Waals surface area contributed by atoms with Gasteiger partial charge in [-0.15, -0.1) is 0 Å². The summed E-state index contributed by atoms with van der Waals surface area (Å²) in [6.07, 6.45) is 1.24. The van der Waals surface area contributed by atoms with E-state index in [9.17, 15) is 9.18 Å². The summed E-state index contributed by atoms with van der Waals surface area (Å²) in [7, 11) is 0. The predicted molar refractivity (Wildman–Crippen MR) is 50.4 cm³/mol. The number of nitrogens with two attached hydrogens (primary N) is 1. The lowest BCUT2D eigenvalue weighted by Crippen LogP contribution is -2.12. The largest absolute Gasteiger partial charge is 0.396 e. The van der Waals surface area contributed by atoms with Crippen molar-refractivity contribution in [3.8, 4) is 0 Å². The van der Waals surface area contributed by atoms with Crippen molar-refractivity contribution in [1.82, 2.24) is 0 Å². The van der Waals surface area contributed by atoms with Gasteiger partial charge in [-0.1, -0.05) is 17.7 Å². The molecule has 0 aliphatic heterocycles. The van der Waals surface area contributed by atoms with Crippen molar-refractivity contribution in [2.24, 2.45) is 5.73 Å². The zero-order chi connectivity index (χ0) is 10.7. The number of rotatable bonds is 3. The maximum Gasteiger partial charge on any atom is 0.250 e. The Labute approximate surface area is 85.3 Å². The fourth-order valence-corrected chi connectivity index (χ4v) is 1.28. The van der Waals surface area contributed by atoms with Gasteiger partial charge >= 0.3 is 0 Å². The molecule has 14 heavy (non-hydrogen) atoms. The number of carbonyl (C=O) groups is 1. The van der Waals surface area contributed by atoms with Crippen LogP contribution in [0.15, 0.2) is 12.1 Å². The van der Waals surface area contributed by atoms with E-state index in [1.54, 1.807) is 0 Å². The number of hydrogen-bond donors (Lipinski definition) is 2. The average molecular weight is 217 g/mol. The third-order valence-corrected chi connectivity index (χ3v) is 2.06. The molecule has 0 aliphatic rings. The normalized spacial score (nSPS) is 10.2. The van der Waals surface area contributed by atoms with Crippen LogP contribution >= 0.6 is 11.6 Å². The van der Waals surface area contributed by atoms with Crippen LogP contribution in [-0.2, 0) is 0 Å². The Morgan fingerprint density at radius 3 is 2.79 bits per heavy atom. The third-order valence-electron chi connectivity index (χ3n) is 1.69. The number of halogens is 2. The molecule has 0 aromatic heterocycles. The summed E-state index contributed by atoms with van der Waals surface area (Å²) in [5, 5.41) is 8.24. The minimum atomic E-state index is -0.788. The summed E-state index contributed by atoms with van der Waals surface area (Å²) >= 11 is 5.55. The highest BCUT2D eigenvalue weighted by molar-refractivity contribution is 6.34.